The lowest BCUT2D eigenvalue weighted by Gasteiger charge is -2.51. The summed E-state index contributed by atoms with van der Waals surface area (Å²) in [7, 11) is -2.02. The van der Waals surface area contributed by atoms with Crippen LogP contribution in [-0.2, 0) is 20.4 Å². The highest BCUT2D eigenvalue weighted by molar-refractivity contribution is 6.74. The van der Waals surface area contributed by atoms with Gasteiger partial charge in [0.2, 0.25) is 0 Å². The number of hydrogen-bond donors (Lipinski definition) is 0. The van der Waals surface area contributed by atoms with Crippen molar-refractivity contribution in [2.24, 2.45) is 5.92 Å². The van der Waals surface area contributed by atoms with Gasteiger partial charge in [-0.05, 0) is 55.8 Å². The molecule has 0 bridgehead atoms. The molecule has 0 N–H and O–H groups in total. The maximum atomic E-state index is 12.6. The third-order valence-electron chi connectivity index (χ3n) is 6.48. The second-order valence-corrected chi connectivity index (χ2v) is 14.3. The van der Waals surface area contributed by atoms with Crippen LogP contribution in [-0.4, -0.2) is 26.5 Å². The lowest BCUT2D eigenvalue weighted by Crippen LogP contribution is -2.55. The van der Waals surface area contributed by atoms with E-state index in [-0.39, 0.29) is 11.0 Å². The second-order valence-electron chi connectivity index (χ2n) is 9.54. The van der Waals surface area contributed by atoms with Crippen molar-refractivity contribution in [2.45, 2.75) is 90.0 Å². The van der Waals surface area contributed by atoms with Gasteiger partial charge in [-0.3, -0.25) is 4.79 Å². The molecule has 152 valence electrons. The summed E-state index contributed by atoms with van der Waals surface area (Å²) in [6, 6.07) is 10.6. The molecule has 1 fully saturated rings. The van der Waals surface area contributed by atoms with Crippen LogP contribution >= 0.6 is 0 Å². The number of carbonyl (C=O) groups is 1. The summed E-state index contributed by atoms with van der Waals surface area (Å²) in [5, 5.41) is 0.114. The smallest absolute Gasteiger partial charge is 0.308 e. The minimum atomic E-state index is -2.02. The van der Waals surface area contributed by atoms with E-state index in [1.807, 2.05) is 6.92 Å². The van der Waals surface area contributed by atoms with Crippen LogP contribution < -0.4 is 0 Å². The predicted octanol–water partition coefficient (Wildman–Crippen LogP) is 6.13. The van der Waals surface area contributed by atoms with Crippen LogP contribution in [0, 0.1) is 5.92 Å². The summed E-state index contributed by atoms with van der Waals surface area (Å²) < 4.78 is 12.4. The highest BCUT2D eigenvalue weighted by Gasteiger charge is 2.50. The fourth-order valence-corrected chi connectivity index (χ4v) is 5.65. The highest BCUT2D eigenvalue weighted by Crippen LogP contribution is 2.47. The number of ether oxygens (including phenoxy) is 1. The molecular weight excluding hydrogens is 352 g/mol. The first kappa shape index (κ1) is 22.2. The SMILES string of the molecule is CCOC(=O)C[C@@]1(O[Si](C)(C)C(C)(C)C)CCCC[C@@H]1Cc1ccccc1. The molecule has 2 rings (SSSR count). The van der Waals surface area contributed by atoms with Crippen LogP contribution in [0.25, 0.3) is 0 Å². The summed E-state index contributed by atoms with van der Waals surface area (Å²) in [5.74, 6) is 0.239. The normalized spacial score (nSPS) is 23.9. The molecular formula is C23H38O3Si. The number of hydrogen-bond acceptors (Lipinski definition) is 3. The van der Waals surface area contributed by atoms with E-state index < -0.39 is 13.9 Å². The van der Waals surface area contributed by atoms with Gasteiger partial charge in [-0.25, -0.2) is 0 Å². The zero-order chi connectivity index (χ0) is 20.1. The van der Waals surface area contributed by atoms with Gasteiger partial charge in [-0.15, -0.1) is 0 Å². The Hall–Kier alpha value is -1.13. The zero-order valence-corrected chi connectivity index (χ0v) is 19.1. The number of rotatable bonds is 7. The van der Waals surface area contributed by atoms with E-state index in [1.165, 1.54) is 12.0 Å². The minimum absolute atomic E-state index is 0.114. The molecule has 1 aromatic rings. The molecule has 27 heavy (non-hydrogen) atoms. The molecule has 4 heteroatoms. The molecule has 1 aliphatic rings. The van der Waals surface area contributed by atoms with Crippen LogP contribution in [0.4, 0.5) is 0 Å². The van der Waals surface area contributed by atoms with Crippen LogP contribution in [0.2, 0.25) is 18.1 Å². The van der Waals surface area contributed by atoms with Gasteiger partial charge in [-0.2, -0.15) is 0 Å². The van der Waals surface area contributed by atoms with E-state index in [9.17, 15) is 4.79 Å². The molecule has 0 unspecified atom stereocenters. The van der Waals surface area contributed by atoms with Gasteiger partial charge in [0.15, 0.2) is 8.32 Å². The van der Waals surface area contributed by atoms with E-state index in [1.54, 1.807) is 0 Å². The van der Waals surface area contributed by atoms with Gasteiger partial charge in [0, 0.05) is 0 Å². The lowest BCUT2D eigenvalue weighted by molar-refractivity contribution is -0.152. The standard InChI is InChI=1S/C23H38O3Si/c1-7-25-21(24)18-23(26-27(5,6)22(2,3)4)16-12-11-15-20(23)17-19-13-9-8-10-14-19/h8-10,13-14,20H,7,11-12,15-18H2,1-6H3/t20-,23+/m1/s1. The van der Waals surface area contributed by atoms with E-state index in [0.29, 0.717) is 18.9 Å². The van der Waals surface area contributed by atoms with E-state index in [4.69, 9.17) is 9.16 Å². The molecule has 0 aromatic heterocycles. The molecule has 0 spiro atoms. The second kappa shape index (κ2) is 8.91. The largest absolute Gasteiger partial charge is 0.466 e. The monoisotopic (exact) mass is 390 g/mol. The maximum Gasteiger partial charge on any atom is 0.308 e. The van der Waals surface area contributed by atoms with Crippen molar-refractivity contribution in [3.63, 3.8) is 0 Å². The third kappa shape index (κ3) is 5.67. The molecule has 0 amide bonds. The first-order valence-electron chi connectivity index (χ1n) is 10.5. The highest BCUT2D eigenvalue weighted by atomic mass is 28.4. The van der Waals surface area contributed by atoms with Gasteiger partial charge in [-0.1, -0.05) is 63.9 Å². The van der Waals surface area contributed by atoms with Crippen LogP contribution in [0.15, 0.2) is 30.3 Å². The average molecular weight is 391 g/mol. The Morgan fingerprint density at radius 1 is 1.19 bits per heavy atom. The average Bonchev–Trinajstić information content (AvgIpc) is 2.57. The third-order valence-corrected chi connectivity index (χ3v) is 11.0. The summed E-state index contributed by atoms with van der Waals surface area (Å²) in [6.45, 7) is 13.7. The van der Waals surface area contributed by atoms with E-state index in [2.05, 4.69) is 64.2 Å². The fraction of sp³-hybridized carbons (Fsp3) is 0.696. The molecule has 2 atom stereocenters. The Labute approximate surface area is 167 Å². The number of benzene rings is 1. The number of esters is 1. The molecule has 0 aliphatic heterocycles. The zero-order valence-electron chi connectivity index (χ0n) is 18.1. The van der Waals surface area contributed by atoms with Crippen LogP contribution in [0.1, 0.15) is 65.4 Å². The molecule has 1 aliphatic carbocycles. The Kier molecular flexibility index (Phi) is 7.31. The quantitative estimate of drug-likeness (QED) is 0.415. The molecule has 0 heterocycles. The van der Waals surface area contributed by atoms with Crippen molar-refractivity contribution in [3.05, 3.63) is 35.9 Å². The predicted molar refractivity (Wildman–Crippen MR) is 114 cm³/mol. The van der Waals surface area contributed by atoms with Crippen molar-refractivity contribution in [2.75, 3.05) is 6.61 Å². The van der Waals surface area contributed by atoms with Crippen LogP contribution in [0.5, 0.6) is 0 Å². The fourth-order valence-electron chi connectivity index (χ4n) is 3.99. The van der Waals surface area contributed by atoms with Crippen molar-refractivity contribution in [3.8, 4) is 0 Å². The van der Waals surface area contributed by atoms with Crippen molar-refractivity contribution in [1.29, 1.82) is 0 Å². The van der Waals surface area contributed by atoms with E-state index in [0.717, 1.165) is 25.7 Å². The molecule has 3 nitrogen and oxygen atoms in total. The minimum Gasteiger partial charge on any atom is -0.466 e. The van der Waals surface area contributed by atoms with Crippen molar-refractivity contribution in [1.82, 2.24) is 0 Å². The Morgan fingerprint density at radius 3 is 2.44 bits per heavy atom. The molecule has 0 radical (unpaired) electrons. The lowest BCUT2D eigenvalue weighted by atomic mass is 9.71. The molecule has 1 saturated carbocycles. The summed E-state index contributed by atoms with van der Waals surface area (Å²) in [6.07, 6.45) is 5.75. The van der Waals surface area contributed by atoms with Gasteiger partial charge in [0.1, 0.15) is 0 Å². The Morgan fingerprint density at radius 2 is 1.85 bits per heavy atom. The number of carbonyl (C=O) groups excluding carboxylic acids is 1. The van der Waals surface area contributed by atoms with Gasteiger partial charge in [0.05, 0.1) is 18.6 Å². The van der Waals surface area contributed by atoms with Gasteiger partial charge in [0.25, 0.3) is 0 Å². The molecule has 0 saturated heterocycles. The Balaban J connectivity index is 2.36. The first-order chi connectivity index (χ1) is 12.6. The Bertz CT molecular complexity index is 606. The summed E-state index contributed by atoms with van der Waals surface area (Å²) in [4.78, 5) is 12.6. The maximum absolute atomic E-state index is 12.6. The van der Waals surface area contributed by atoms with E-state index >= 15 is 0 Å². The van der Waals surface area contributed by atoms with Crippen LogP contribution in [0.3, 0.4) is 0 Å². The topological polar surface area (TPSA) is 35.5 Å². The molecule has 1 aromatic carbocycles. The first-order valence-corrected chi connectivity index (χ1v) is 13.4. The van der Waals surface area contributed by atoms with Gasteiger partial charge < -0.3 is 9.16 Å². The van der Waals surface area contributed by atoms with Crippen molar-refractivity contribution >= 4 is 14.3 Å². The summed E-state index contributed by atoms with van der Waals surface area (Å²) in [5.41, 5.74) is 0.931. The van der Waals surface area contributed by atoms with Gasteiger partial charge >= 0.3 is 5.97 Å². The summed E-state index contributed by atoms with van der Waals surface area (Å²) >= 11 is 0. The van der Waals surface area contributed by atoms with Crippen molar-refractivity contribution < 1.29 is 14.0 Å².